The maximum Gasteiger partial charge on any atom is 0.111 e. The number of hydrogen-bond donors (Lipinski definition) is 3. The molecule has 0 spiro atoms. The van der Waals surface area contributed by atoms with Gasteiger partial charge >= 0.3 is 0 Å². The zero-order valence-corrected chi connectivity index (χ0v) is 8.50. The molecule has 0 saturated carbocycles. The summed E-state index contributed by atoms with van der Waals surface area (Å²) in [6.45, 7) is 4.77. The lowest BCUT2D eigenvalue weighted by molar-refractivity contribution is -0.429. The van der Waals surface area contributed by atoms with E-state index >= 15 is 0 Å². The Morgan fingerprint density at radius 2 is 1.80 bits per heavy atom. The van der Waals surface area contributed by atoms with Crippen LogP contribution in [0.3, 0.4) is 0 Å². The van der Waals surface area contributed by atoms with Crippen molar-refractivity contribution in [2.24, 2.45) is 0 Å². The summed E-state index contributed by atoms with van der Waals surface area (Å²) in [4.78, 5) is 0. The molecule has 5 N–H and O–H groups in total. The SMILES string of the molecule is [C-]#N.[NH3+][C@@H](CO)C[C@H](O)c1ccccc1. The Kier molecular flexibility index (Phi) is 7.20. The molecule has 1 aromatic carbocycles. The molecular formula is C11H16N2O2. The van der Waals surface area contributed by atoms with Crippen LogP contribution in [0.4, 0.5) is 0 Å². The first-order chi connectivity index (χ1) is 7.24. The normalized spacial score (nSPS) is 13.4. The van der Waals surface area contributed by atoms with Gasteiger partial charge < -0.3 is 27.8 Å². The van der Waals surface area contributed by atoms with Gasteiger partial charge in [-0.1, -0.05) is 30.3 Å². The number of aliphatic hydroxyl groups excluding tert-OH is 2. The second-order valence-corrected chi connectivity index (χ2v) is 3.21. The zero-order chi connectivity index (χ0) is 11.7. The van der Waals surface area contributed by atoms with Crippen LogP contribution in [0.5, 0.6) is 0 Å². The summed E-state index contributed by atoms with van der Waals surface area (Å²) in [5.74, 6) is 0. The van der Waals surface area contributed by atoms with Gasteiger partial charge in [-0.15, -0.1) is 0 Å². The Morgan fingerprint density at radius 1 is 1.27 bits per heavy atom. The second-order valence-electron chi connectivity index (χ2n) is 3.21. The van der Waals surface area contributed by atoms with E-state index in [9.17, 15) is 5.11 Å². The predicted molar refractivity (Wildman–Crippen MR) is 54.7 cm³/mol. The first kappa shape index (κ1) is 13.6. The summed E-state index contributed by atoms with van der Waals surface area (Å²) in [7, 11) is 0. The fourth-order valence-corrected chi connectivity index (χ4v) is 1.20. The van der Waals surface area contributed by atoms with Crippen LogP contribution in [0.2, 0.25) is 0 Å². The molecular weight excluding hydrogens is 192 g/mol. The topological polar surface area (TPSA) is 91.9 Å². The molecule has 0 heterocycles. The van der Waals surface area contributed by atoms with Crippen LogP contribution < -0.4 is 5.73 Å². The average Bonchev–Trinajstić information content (AvgIpc) is 2.32. The van der Waals surface area contributed by atoms with Gasteiger partial charge in [-0.2, -0.15) is 0 Å². The van der Waals surface area contributed by atoms with Gasteiger partial charge in [-0.05, 0) is 5.56 Å². The molecule has 0 saturated heterocycles. The van der Waals surface area contributed by atoms with Crippen LogP contribution in [0.15, 0.2) is 30.3 Å². The Bertz CT molecular complexity index is 274. The molecule has 4 nitrogen and oxygen atoms in total. The molecule has 0 fully saturated rings. The van der Waals surface area contributed by atoms with Crippen molar-refractivity contribution in [3.8, 4) is 0 Å². The maximum absolute atomic E-state index is 9.67. The van der Waals surface area contributed by atoms with Crippen molar-refractivity contribution in [1.82, 2.24) is 0 Å². The lowest BCUT2D eigenvalue weighted by Crippen LogP contribution is -2.63. The van der Waals surface area contributed by atoms with Crippen LogP contribution in [0, 0.1) is 11.8 Å². The molecule has 0 aliphatic heterocycles. The van der Waals surface area contributed by atoms with Crippen molar-refractivity contribution < 1.29 is 15.9 Å². The summed E-state index contributed by atoms with van der Waals surface area (Å²) < 4.78 is 0. The van der Waals surface area contributed by atoms with Crippen molar-refractivity contribution in [3.63, 3.8) is 0 Å². The van der Waals surface area contributed by atoms with E-state index in [0.717, 1.165) is 5.56 Å². The van der Waals surface area contributed by atoms with E-state index in [1.165, 1.54) is 0 Å². The number of benzene rings is 1. The summed E-state index contributed by atoms with van der Waals surface area (Å²) >= 11 is 0. The summed E-state index contributed by atoms with van der Waals surface area (Å²) in [5, 5.41) is 24.7. The van der Waals surface area contributed by atoms with Crippen LogP contribution in [-0.2, 0) is 0 Å². The fourth-order valence-electron chi connectivity index (χ4n) is 1.20. The van der Waals surface area contributed by atoms with Gasteiger partial charge in [0.05, 0.1) is 12.7 Å². The molecule has 0 unspecified atom stereocenters. The lowest BCUT2D eigenvalue weighted by Gasteiger charge is -2.12. The molecule has 0 aliphatic carbocycles. The second kappa shape index (κ2) is 7.94. The summed E-state index contributed by atoms with van der Waals surface area (Å²) in [6.07, 6.45) is -0.0172. The lowest BCUT2D eigenvalue weighted by atomic mass is 10.0. The first-order valence-electron chi connectivity index (χ1n) is 4.63. The number of quaternary nitrogens is 1. The average molecular weight is 208 g/mol. The third-order valence-corrected chi connectivity index (χ3v) is 2.00. The van der Waals surface area contributed by atoms with Crippen LogP contribution in [0.25, 0.3) is 0 Å². The molecule has 82 valence electrons. The van der Waals surface area contributed by atoms with E-state index in [0.29, 0.717) is 6.42 Å². The van der Waals surface area contributed by atoms with Crippen molar-refractivity contribution in [1.29, 1.82) is 5.26 Å². The predicted octanol–water partition coefficient (Wildman–Crippen LogP) is -0.191. The molecule has 15 heavy (non-hydrogen) atoms. The first-order valence-corrected chi connectivity index (χ1v) is 4.63. The highest BCUT2D eigenvalue weighted by atomic mass is 16.3. The highest BCUT2D eigenvalue weighted by Crippen LogP contribution is 2.16. The van der Waals surface area contributed by atoms with Gasteiger partial charge in [0, 0.05) is 6.42 Å². The van der Waals surface area contributed by atoms with Crippen LogP contribution in [-0.4, -0.2) is 22.9 Å². The van der Waals surface area contributed by atoms with Gasteiger partial charge in [0.1, 0.15) is 6.04 Å². The molecule has 1 rings (SSSR count). The molecule has 0 radical (unpaired) electrons. The highest BCUT2D eigenvalue weighted by molar-refractivity contribution is 5.17. The third-order valence-electron chi connectivity index (χ3n) is 2.00. The molecule has 0 aliphatic rings. The van der Waals surface area contributed by atoms with Gasteiger partial charge in [0.15, 0.2) is 0 Å². The minimum atomic E-state index is -0.518. The quantitative estimate of drug-likeness (QED) is 0.599. The standard InChI is InChI=1S/C10H15NO2.CN/c11-9(7-12)6-10(13)8-4-2-1-3-5-8;1-2/h1-5,9-10,12-13H,6-7,11H2;/q;-1/p+1/t9-,10+;/m1./s1. The van der Waals surface area contributed by atoms with E-state index < -0.39 is 6.10 Å². The number of hydrogen-bond acceptors (Lipinski definition) is 3. The Hall–Kier alpha value is -1.41. The fraction of sp³-hybridized carbons (Fsp3) is 0.364. The Balaban J connectivity index is 0.000000921. The number of rotatable bonds is 4. The monoisotopic (exact) mass is 208 g/mol. The van der Waals surface area contributed by atoms with Crippen LogP contribution in [0.1, 0.15) is 18.1 Å². The van der Waals surface area contributed by atoms with E-state index in [-0.39, 0.29) is 12.6 Å². The highest BCUT2D eigenvalue weighted by Gasteiger charge is 2.13. The smallest absolute Gasteiger partial charge is 0.111 e. The van der Waals surface area contributed by atoms with Crippen molar-refractivity contribution in [3.05, 3.63) is 42.5 Å². The maximum atomic E-state index is 9.67. The molecule has 1 aromatic rings. The van der Waals surface area contributed by atoms with E-state index in [1.807, 2.05) is 30.3 Å². The van der Waals surface area contributed by atoms with E-state index in [4.69, 9.17) is 16.9 Å². The molecule has 0 aromatic heterocycles. The van der Waals surface area contributed by atoms with Crippen molar-refractivity contribution in [2.45, 2.75) is 18.6 Å². The van der Waals surface area contributed by atoms with Gasteiger partial charge in [-0.3, -0.25) is 0 Å². The van der Waals surface area contributed by atoms with Gasteiger partial charge in [0.2, 0.25) is 0 Å². The number of aliphatic hydroxyl groups is 2. The number of nitrogens with zero attached hydrogens (tertiary/aromatic N) is 1. The Morgan fingerprint density at radius 3 is 2.27 bits per heavy atom. The molecule has 0 bridgehead atoms. The van der Waals surface area contributed by atoms with E-state index in [1.54, 1.807) is 0 Å². The third kappa shape index (κ3) is 5.13. The van der Waals surface area contributed by atoms with Crippen molar-refractivity contribution >= 4 is 0 Å². The Labute approximate surface area is 89.6 Å². The van der Waals surface area contributed by atoms with Gasteiger partial charge in [0.25, 0.3) is 0 Å². The summed E-state index contributed by atoms with van der Waals surface area (Å²) in [6, 6.07) is 9.31. The van der Waals surface area contributed by atoms with Crippen LogP contribution >= 0.6 is 0 Å². The zero-order valence-electron chi connectivity index (χ0n) is 8.50. The minimum Gasteiger partial charge on any atom is -0.512 e. The largest absolute Gasteiger partial charge is 0.512 e. The molecule has 4 heteroatoms. The summed E-state index contributed by atoms with van der Waals surface area (Å²) in [5.41, 5.74) is 4.59. The molecule has 0 amide bonds. The van der Waals surface area contributed by atoms with E-state index in [2.05, 4.69) is 5.73 Å². The molecule has 2 atom stereocenters. The van der Waals surface area contributed by atoms with Crippen molar-refractivity contribution in [2.75, 3.05) is 6.61 Å². The minimum absolute atomic E-state index is 0.0178. The van der Waals surface area contributed by atoms with Gasteiger partial charge in [-0.25, -0.2) is 0 Å².